The smallest absolute Gasteiger partial charge is 0.358 e. The minimum Gasteiger partial charge on any atom is -0.464 e. The summed E-state index contributed by atoms with van der Waals surface area (Å²) in [5.74, 6) is 0.951. The van der Waals surface area contributed by atoms with Crippen LogP contribution in [0.4, 0.5) is 5.82 Å². The van der Waals surface area contributed by atoms with Crippen molar-refractivity contribution in [1.82, 2.24) is 9.97 Å². The van der Waals surface area contributed by atoms with Gasteiger partial charge in [-0.1, -0.05) is 20.8 Å². The topological polar surface area (TPSA) is 55.3 Å². The molecule has 5 heteroatoms. The Morgan fingerprint density at radius 2 is 2.16 bits per heavy atom. The molecule has 1 fully saturated rings. The Kier molecular flexibility index (Phi) is 3.73. The number of ether oxygens (including phenoxy) is 1. The van der Waals surface area contributed by atoms with Crippen molar-refractivity contribution >= 4 is 11.8 Å². The zero-order chi connectivity index (χ0) is 14.0. The molecule has 0 aliphatic carbocycles. The highest BCUT2D eigenvalue weighted by atomic mass is 16.5. The van der Waals surface area contributed by atoms with Gasteiger partial charge < -0.3 is 9.64 Å². The second-order valence-electron chi connectivity index (χ2n) is 6.05. The summed E-state index contributed by atoms with van der Waals surface area (Å²) >= 11 is 0. The normalized spacial score (nSPS) is 19.6. The summed E-state index contributed by atoms with van der Waals surface area (Å²) in [4.78, 5) is 22.1. The first kappa shape index (κ1) is 13.8. The molecule has 5 nitrogen and oxygen atoms in total. The first-order chi connectivity index (χ1) is 8.91. The number of rotatable bonds is 2. The SMILES string of the molecule is COC(=O)c1cncc(N2CCC(C(C)(C)C)C2)n1. The molecule has 1 aliphatic heterocycles. The number of esters is 1. The summed E-state index contributed by atoms with van der Waals surface area (Å²) in [5, 5.41) is 0. The number of hydrogen-bond acceptors (Lipinski definition) is 5. The Morgan fingerprint density at radius 3 is 2.74 bits per heavy atom. The van der Waals surface area contributed by atoms with Gasteiger partial charge in [-0.15, -0.1) is 0 Å². The van der Waals surface area contributed by atoms with Crippen LogP contribution in [-0.4, -0.2) is 36.1 Å². The van der Waals surface area contributed by atoms with Gasteiger partial charge in [-0.3, -0.25) is 4.98 Å². The van der Waals surface area contributed by atoms with Crippen molar-refractivity contribution in [3.63, 3.8) is 0 Å². The van der Waals surface area contributed by atoms with Gasteiger partial charge >= 0.3 is 5.97 Å². The highest BCUT2D eigenvalue weighted by molar-refractivity contribution is 5.87. The lowest BCUT2D eigenvalue weighted by Gasteiger charge is -2.27. The van der Waals surface area contributed by atoms with Gasteiger partial charge in [0, 0.05) is 13.1 Å². The molecular weight excluding hydrogens is 242 g/mol. The van der Waals surface area contributed by atoms with Gasteiger partial charge in [0.1, 0.15) is 5.82 Å². The highest BCUT2D eigenvalue weighted by Gasteiger charge is 2.32. The van der Waals surface area contributed by atoms with E-state index in [1.807, 2.05) is 0 Å². The molecule has 0 saturated carbocycles. The van der Waals surface area contributed by atoms with Gasteiger partial charge in [0.2, 0.25) is 0 Å². The van der Waals surface area contributed by atoms with Crippen LogP contribution >= 0.6 is 0 Å². The van der Waals surface area contributed by atoms with E-state index in [0.29, 0.717) is 11.3 Å². The van der Waals surface area contributed by atoms with E-state index in [4.69, 9.17) is 0 Å². The van der Waals surface area contributed by atoms with Crippen molar-refractivity contribution in [3.05, 3.63) is 18.1 Å². The molecule has 0 aromatic carbocycles. The molecule has 0 N–H and O–H groups in total. The Balaban J connectivity index is 2.14. The fraction of sp³-hybridized carbons (Fsp3) is 0.643. The predicted molar refractivity (Wildman–Crippen MR) is 73.1 cm³/mol. The van der Waals surface area contributed by atoms with Gasteiger partial charge in [-0.2, -0.15) is 0 Å². The maximum Gasteiger partial charge on any atom is 0.358 e. The van der Waals surface area contributed by atoms with Gasteiger partial charge in [0.25, 0.3) is 0 Å². The van der Waals surface area contributed by atoms with Gasteiger partial charge in [-0.25, -0.2) is 9.78 Å². The Bertz CT molecular complexity index is 468. The average molecular weight is 263 g/mol. The van der Waals surface area contributed by atoms with Crippen LogP contribution in [-0.2, 0) is 4.74 Å². The summed E-state index contributed by atoms with van der Waals surface area (Å²) in [6.07, 6.45) is 4.29. The molecule has 1 aromatic heterocycles. The third kappa shape index (κ3) is 3.03. The number of carbonyl (C=O) groups is 1. The number of anilines is 1. The van der Waals surface area contributed by atoms with E-state index >= 15 is 0 Å². The van der Waals surface area contributed by atoms with E-state index in [-0.39, 0.29) is 5.69 Å². The minimum absolute atomic E-state index is 0.263. The summed E-state index contributed by atoms with van der Waals surface area (Å²) in [7, 11) is 1.35. The zero-order valence-corrected chi connectivity index (χ0v) is 12.0. The summed E-state index contributed by atoms with van der Waals surface area (Å²) < 4.78 is 4.67. The third-order valence-corrected chi connectivity index (χ3v) is 3.75. The maximum absolute atomic E-state index is 11.5. The lowest BCUT2D eigenvalue weighted by molar-refractivity contribution is 0.0593. The monoisotopic (exact) mass is 263 g/mol. The molecule has 1 aromatic rings. The first-order valence-corrected chi connectivity index (χ1v) is 6.57. The lowest BCUT2D eigenvalue weighted by atomic mass is 9.80. The molecule has 1 atom stereocenters. The molecule has 1 aliphatic rings. The largest absolute Gasteiger partial charge is 0.464 e. The van der Waals surface area contributed by atoms with E-state index < -0.39 is 5.97 Å². The molecule has 104 valence electrons. The van der Waals surface area contributed by atoms with E-state index in [9.17, 15) is 4.79 Å². The van der Waals surface area contributed by atoms with Crippen molar-refractivity contribution in [2.45, 2.75) is 27.2 Å². The molecule has 2 rings (SSSR count). The molecule has 0 amide bonds. The number of aromatic nitrogens is 2. The van der Waals surface area contributed by atoms with Crippen molar-refractivity contribution in [2.75, 3.05) is 25.1 Å². The fourth-order valence-corrected chi connectivity index (χ4v) is 2.39. The number of nitrogens with zero attached hydrogens (tertiary/aromatic N) is 3. The molecule has 1 unspecified atom stereocenters. The predicted octanol–water partition coefficient (Wildman–Crippen LogP) is 2.14. The third-order valence-electron chi connectivity index (χ3n) is 3.75. The Labute approximate surface area is 114 Å². The van der Waals surface area contributed by atoms with Crippen LogP contribution in [0.5, 0.6) is 0 Å². The van der Waals surface area contributed by atoms with Crippen LogP contribution in [0.3, 0.4) is 0 Å². The molecule has 1 saturated heterocycles. The summed E-state index contributed by atoms with van der Waals surface area (Å²) in [5.41, 5.74) is 0.557. The molecule has 0 bridgehead atoms. The van der Waals surface area contributed by atoms with Crippen molar-refractivity contribution in [2.24, 2.45) is 11.3 Å². The molecule has 2 heterocycles. The fourth-order valence-electron chi connectivity index (χ4n) is 2.39. The van der Waals surface area contributed by atoms with Gasteiger partial charge in [0.05, 0.1) is 19.5 Å². The Morgan fingerprint density at radius 1 is 1.42 bits per heavy atom. The first-order valence-electron chi connectivity index (χ1n) is 6.57. The van der Waals surface area contributed by atoms with Crippen LogP contribution in [0.15, 0.2) is 12.4 Å². The quantitative estimate of drug-likeness (QED) is 0.765. The molecule has 0 spiro atoms. The van der Waals surface area contributed by atoms with Crippen LogP contribution in [0.25, 0.3) is 0 Å². The van der Waals surface area contributed by atoms with Crippen LogP contribution in [0.1, 0.15) is 37.7 Å². The van der Waals surface area contributed by atoms with Crippen molar-refractivity contribution in [1.29, 1.82) is 0 Å². The molecular formula is C14H21N3O2. The lowest BCUT2D eigenvalue weighted by Crippen LogP contribution is -2.26. The minimum atomic E-state index is -0.444. The second kappa shape index (κ2) is 5.15. The average Bonchev–Trinajstić information content (AvgIpc) is 2.87. The van der Waals surface area contributed by atoms with E-state index in [2.05, 4.69) is 40.4 Å². The summed E-state index contributed by atoms with van der Waals surface area (Å²) in [6, 6.07) is 0. The van der Waals surface area contributed by atoms with Crippen LogP contribution in [0.2, 0.25) is 0 Å². The van der Waals surface area contributed by atoms with Crippen molar-refractivity contribution < 1.29 is 9.53 Å². The summed E-state index contributed by atoms with van der Waals surface area (Å²) in [6.45, 7) is 8.71. The van der Waals surface area contributed by atoms with Gasteiger partial charge in [0.15, 0.2) is 5.69 Å². The van der Waals surface area contributed by atoms with Crippen LogP contribution < -0.4 is 4.90 Å². The molecule has 19 heavy (non-hydrogen) atoms. The Hall–Kier alpha value is -1.65. The number of methoxy groups -OCH3 is 1. The molecule has 0 radical (unpaired) electrons. The number of hydrogen-bond donors (Lipinski definition) is 0. The van der Waals surface area contributed by atoms with E-state index in [0.717, 1.165) is 25.3 Å². The van der Waals surface area contributed by atoms with E-state index in [1.54, 1.807) is 6.20 Å². The zero-order valence-electron chi connectivity index (χ0n) is 12.0. The second-order valence-corrected chi connectivity index (χ2v) is 6.05. The van der Waals surface area contributed by atoms with Crippen LogP contribution in [0, 0.1) is 11.3 Å². The van der Waals surface area contributed by atoms with E-state index in [1.165, 1.54) is 13.3 Å². The van der Waals surface area contributed by atoms with Gasteiger partial charge in [-0.05, 0) is 17.8 Å². The maximum atomic E-state index is 11.5. The standard InChI is InChI=1S/C14H21N3O2/c1-14(2,3)10-5-6-17(9-10)12-8-15-7-11(16-12)13(18)19-4/h7-8,10H,5-6,9H2,1-4H3. The van der Waals surface area contributed by atoms with Crippen molar-refractivity contribution in [3.8, 4) is 0 Å². The number of carbonyl (C=O) groups excluding carboxylic acids is 1. The highest BCUT2D eigenvalue weighted by Crippen LogP contribution is 2.34.